The molecule has 0 radical (unpaired) electrons. The van der Waals surface area contributed by atoms with Crippen molar-refractivity contribution in [2.45, 2.75) is 10.6 Å². The number of thioether (sulfide) groups is 1. The van der Waals surface area contributed by atoms with E-state index in [4.69, 9.17) is 0 Å². The van der Waals surface area contributed by atoms with Crippen LogP contribution in [-0.4, -0.2) is 62.3 Å². The minimum Gasteiger partial charge on any atom is -0.507 e. The molecule has 2 aromatic carbocycles. The third kappa shape index (κ3) is 4.63. The maximum Gasteiger partial charge on any atom is 0.257 e. The zero-order chi connectivity index (χ0) is 23.5. The molecule has 1 saturated heterocycles. The number of aromatic hydroxyl groups is 1. The molecule has 2 aromatic heterocycles. The van der Waals surface area contributed by atoms with Crippen molar-refractivity contribution in [3.05, 3.63) is 95.9 Å². The fourth-order valence-corrected chi connectivity index (χ4v) is 4.81. The molecule has 0 atom stereocenters. The van der Waals surface area contributed by atoms with Gasteiger partial charge in [-0.05, 0) is 48.5 Å². The van der Waals surface area contributed by atoms with E-state index in [0.29, 0.717) is 37.3 Å². The highest BCUT2D eigenvalue weighted by Crippen LogP contribution is 2.24. The number of aromatic nitrogens is 2. The van der Waals surface area contributed by atoms with E-state index in [1.165, 1.54) is 6.07 Å². The molecule has 7 nitrogen and oxygen atoms in total. The van der Waals surface area contributed by atoms with E-state index in [9.17, 15) is 14.7 Å². The van der Waals surface area contributed by atoms with Gasteiger partial charge < -0.3 is 19.3 Å². The SMILES string of the molecule is O=C(c1ccc(SCc2cn3ccccc3n2)cc1)N1CCN(C(=O)c2ccccc2O)CC1. The second-order valence-corrected chi connectivity index (χ2v) is 9.16. The maximum absolute atomic E-state index is 13.0. The summed E-state index contributed by atoms with van der Waals surface area (Å²) >= 11 is 1.68. The number of nitrogens with zero attached hydrogens (tertiary/aromatic N) is 4. The Kier molecular flexibility index (Phi) is 6.22. The van der Waals surface area contributed by atoms with E-state index in [1.54, 1.807) is 39.8 Å². The van der Waals surface area contributed by atoms with E-state index in [1.807, 2.05) is 59.3 Å². The molecule has 1 fully saturated rings. The number of phenols is 1. The molecule has 4 aromatic rings. The number of para-hydroxylation sites is 1. The minimum atomic E-state index is -0.211. The van der Waals surface area contributed by atoms with Crippen molar-refractivity contribution in [3.8, 4) is 5.75 Å². The van der Waals surface area contributed by atoms with Gasteiger partial charge in [-0.2, -0.15) is 0 Å². The summed E-state index contributed by atoms with van der Waals surface area (Å²) in [7, 11) is 0. The van der Waals surface area contributed by atoms with Crippen LogP contribution in [0, 0.1) is 0 Å². The Morgan fingerprint density at radius 1 is 0.853 bits per heavy atom. The van der Waals surface area contributed by atoms with Gasteiger partial charge in [-0.15, -0.1) is 11.8 Å². The fraction of sp³-hybridized carbons (Fsp3) is 0.192. The molecular weight excluding hydrogens is 448 g/mol. The van der Waals surface area contributed by atoms with E-state index in [-0.39, 0.29) is 17.6 Å². The van der Waals surface area contributed by atoms with E-state index in [0.717, 1.165) is 22.0 Å². The number of imidazole rings is 1. The molecule has 1 aliphatic heterocycles. The molecule has 172 valence electrons. The van der Waals surface area contributed by atoms with Crippen molar-refractivity contribution in [1.29, 1.82) is 0 Å². The Balaban J connectivity index is 1.15. The van der Waals surface area contributed by atoms with Crippen LogP contribution in [0.1, 0.15) is 26.4 Å². The molecule has 0 saturated carbocycles. The number of phenolic OH excluding ortho intramolecular Hbond substituents is 1. The summed E-state index contributed by atoms with van der Waals surface area (Å²) in [5, 5.41) is 9.94. The van der Waals surface area contributed by atoms with Crippen molar-refractivity contribution in [2.75, 3.05) is 26.2 Å². The van der Waals surface area contributed by atoms with Gasteiger partial charge in [0, 0.05) is 54.8 Å². The Hall–Kier alpha value is -3.78. The van der Waals surface area contributed by atoms with E-state index >= 15 is 0 Å². The molecule has 0 spiro atoms. The van der Waals surface area contributed by atoms with Crippen LogP contribution < -0.4 is 0 Å². The third-order valence-corrected chi connectivity index (χ3v) is 6.94. The number of piperazine rings is 1. The van der Waals surface area contributed by atoms with Crippen LogP contribution in [0.25, 0.3) is 5.65 Å². The summed E-state index contributed by atoms with van der Waals surface area (Å²) in [4.78, 5) is 34.8. The standard InChI is InChI=1S/C26H24N4O3S/c31-23-6-2-1-5-22(23)26(33)29-15-13-28(14-16-29)25(32)19-8-10-21(11-9-19)34-18-20-17-30-12-4-3-7-24(30)27-20/h1-12,17,31H,13-16,18H2. The number of hydrogen-bond donors (Lipinski definition) is 1. The highest BCUT2D eigenvalue weighted by Gasteiger charge is 2.26. The lowest BCUT2D eigenvalue weighted by Gasteiger charge is -2.35. The summed E-state index contributed by atoms with van der Waals surface area (Å²) in [6, 6.07) is 20.1. The first-order valence-corrected chi connectivity index (χ1v) is 12.1. The van der Waals surface area contributed by atoms with Crippen LogP contribution in [0.2, 0.25) is 0 Å². The van der Waals surface area contributed by atoms with Gasteiger partial charge in [-0.3, -0.25) is 9.59 Å². The lowest BCUT2D eigenvalue weighted by atomic mass is 10.1. The molecule has 1 N–H and O–H groups in total. The highest BCUT2D eigenvalue weighted by molar-refractivity contribution is 7.98. The number of fused-ring (bicyclic) bond motifs is 1. The van der Waals surface area contributed by atoms with Crippen LogP contribution in [0.15, 0.2) is 84.0 Å². The van der Waals surface area contributed by atoms with Gasteiger partial charge in [0.25, 0.3) is 11.8 Å². The second-order valence-electron chi connectivity index (χ2n) is 8.11. The number of pyridine rings is 1. The first kappa shape index (κ1) is 22.0. The zero-order valence-corrected chi connectivity index (χ0v) is 19.3. The average molecular weight is 473 g/mol. The van der Waals surface area contributed by atoms with Crippen LogP contribution in [0.5, 0.6) is 5.75 Å². The molecule has 8 heteroatoms. The van der Waals surface area contributed by atoms with Gasteiger partial charge >= 0.3 is 0 Å². The Labute approximate surface area is 201 Å². The summed E-state index contributed by atoms with van der Waals surface area (Å²) in [6.07, 6.45) is 4.02. The molecule has 0 unspecified atom stereocenters. The summed E-state index contributed by atoms with van der Waals surface area (Å²) in [6.45, 7) is 1.79. The Morgan fingerprint density at radius 3 is 2.24 bits per heavy atom. The minimum absolute atomic E-state index is 0.0230. The van der Waals surface area contributed by atoms with Crippen LogP contribution in [0.3, 0.4) is 0 Å². The average Bonchev–Trinajstić information content (AvgIpc) is 3.30. The lowest BCUT2D eigenvalue weighted by molar-refractivity contribution is 0.0533. The monoisotopic (exact) mass is 472 g/mol. The number of carbonyl (C=O) groups is 2. The predicted molar refractivity (Wildman–Crippen MR) is 131 cm³/mol. The predicted octanol–water partition coefficient (Wildman–Crippen LogP) is 3.93. The third-order valence-electron chi connectivity index (χ3n) is 5.89. The number of rotatable bonds is 5. The molecule has 0 aliphatic carbocycles. The molecule has 3 heterocycles. The Bertz CT molecular complexity index is 1290. The van der Waals surface area contributed by atoms with Crippen molar-refractivity contribution in [3.63, 3.8) is 0 Å². The quantitative estimate of drug-likeness (QED) is 0.446. The van der Waals surface area contributed by atoms with Crippen molar-refractivity contribution >= 4 is 29.2 Å². The number of carbonyl (C=O) groups excluding carboxylic acids is 2. The number of amides is 2. The smallest absolute Gasteiger partial charge is 0.257 e. The zero-order valence-electron chi connectivity index (χ0n) is 18.5. The van der Waals surface area contributed by atoms with Crippen LogP contribution in [0.4, 0.5) is 0 Å². The lowest BCUT2D eigenvalue weighted by Crippen LogP contribution is -2.50. The van der Waals surface area contributed by atoms with Gasteiger partial charge in [0.2, 0.25) is 0 Å². The van der Waals surface area contributed by atoms with Gasteiger partial charge in [0.1, 0.15) is 11.4 Å². The van der Waals surface area contributed by atoms with Gasteiger partial charge in [-0.25, -0.2) is 4.98 Å². The normalized spacial score (nSPS) is 13.9. The van der Waals surface area contributed by atoms with Crippen molar-refractivity contribution in [2.24, 2.45) is 0 Å². The van der Waals surface area contributed by atoms with Gasteiger partial charge in [0.05, 0.1) is 11.3 Å². The van der Waals surface area contributed by atoms with Crippen molar-refractivity contribution in [1.82, 2.24) is 19.2 Å². The first-order valence-electron chi connectivity index (χ1n) is 11.1. The molecule has 34 heavy (non-hydrogen) atoms. The van der Waals surface area contributed by atoms with Gasteiger partial charge in [0.15, 0.2) is 0 Å². The fourth-order valence-electron chi connectivity index (χ4n) is 4.03. The topological polar surface area (TPSA) is 78.2 Å². The largest absolute Gasteiger partial charge is 0.507 e. The molecule has 1 aliphatic rings. The molecular formula is C26H24N4O3S. The molecule has 2 amide bonds. The second kappa shape index (κ2) is 9.61. The van der Waals surface area contributed by atoms with E-state index in [2.05, 4.69) is 4.98 Å². The number of benzene rings is 2. The Morgan fingerprint density at radius 2 is 1.53 bits per heavy atom. The van der Waals surface area contributed by atoms with Gasteiger partial charge in [-0.1, -0.05) is 18.2 Å². The van der Waals surface area contributed by atoms with E-state index < -0.39 is 0 Å². The summed E-state index contributed by atoms with van der Waals surface area (Å²) in [5.74, 6) is 0.482. The highest BCUT2D eigenvalue weighted by atomic mass is 32.2. The van der Waals surface area contributed by atoms with Crippen LogP contribution >= 0.6 is 11.8 Å². The van der Waals surface area contributed by atoms with Crippen LogP contribution in [-0.2, 0) is 5.75 Å². The summed E-state index contributed by atoms with van der Waals surface area (Å²) in [5.41, 5.74) is 2.87. The molecule has 0 bridgehead atoms. The maximum atomic E-state index is 13.0. The van der Waals surface area contributed by atoms with Crippen molar-refractivity contribution < 1.29 is 14.7 Å². The number of hydrogen-bond acceptors (Lipinski definition) is 5. The summed E-state index contributed by atoms with van der Waals surface area (Å²) < 4.78 is 2.01. The molecule has 5 rings (SSSR count). The first-order chi connectivity index (χ1) is 16.6.